The maximum atomic E-state index is 5.31. The Kier molecular flexibility index (Phi) is 4.54. The van der Waals surface area contributed by atoms with Crippen LogP contribution in [-0.2, 0) is 17.6 Å². The van der Waals surface area contributed by atoms with Gasteiger partial charge in [0.15, 0.2) is 0 Å². The maximum Gasteiger partial charge on any atom is 0.0957 e. The largest absolute Gasteiger partial charge is 0.381 e. The molecule has 2 atom stereocenters. The van der Waals surface area contributed by atoms with Crippen LogP contribution in [0.4, 0.5) is 0 Å². The first-order valence-electron chi connectivity index (χ1n) is 6.49. The lowest BCUT2D eigenvalue weighted by Crippen LogP contribution is -2.23. The summed E-state index contributed by atoms with van der Waals surface area (Å²) < 4.78 is 5.31. The average molecular weight is 254 g/mol. The number of ether oxygens (including phenoxy) is 1. The van der Waals surface area contributed by atoms with Gasteiger partial charge in [-0.05, 0) is 32.7 Å². The molecule has 2 unspecified atom stereocenters. The average Bonchev–Trinajstić information content (AvgIpc) is 2.72. The van der Waals surface area contributed by atoms with Crippen molar-refractivity contribution in [2.24, 2.45) is 0 Å². The topological polar surface area (TPSA) is 34.2 Å². The van der Waals surface area contributed by atoms with Gasteiger partial charge in [0.25, 0.3) is 0 Å². The van der Waals surface area contributed by atoms with Crippen molar-refractivity contribution in [3.8, 4) is 0 Å². The van der Waals surface area contributed by atoms with Gasteiger partial charge in [0.05, 0.1) is 16.8 Å². The maximum absolute atomic E-state index is 5.31. The molecular formula is C13H22N2OS. The molecule has 0 radical (unpaired) electrons. The van der Waals surface area contributed by atoms with Gasteiger partial charge in [-0.3, -0.25) is 0 Å². The fourth-order valence-electron chi connectivity index (χ4n) is 2.33. The van der Waals surface area contributed by atoms with Crippen LogP contribution in [0.5, 0.6) is 0 Å². The van der Waals surface area contributed by atoms with E-state index in [0.717, 1.165) is 19.4 Å². The summed E-state index contributed by atoms with van der Waals surface area (Å²) in [4.78, 5) is 6.24. The number of thiazole rings is 1. The minimum Gasteiger partial charge on any atom is -0.381 e. The molecule has 0 aromatic carbocycles. The molecule has 0 fully saturated rings. The molecular weight excluding hydrogens is 232 g/mol. The summed E-state index contributed by atoms with van der Waals surface area (Å²) in [6.07, 6.45) is 4.86. The van der Waals surface area contributed by atoms with Crippen molar-refractivity contribution in [3.05, 3.63) is 15.6 Å². The molecule has 1 aromatic heterocycles. The predicted octanol–water partition coefficient (Wildman–Crippen LogP) is 2.71. The molecule has 1 aliphatic rings. The van der Waals surface area contributed by atoms with Crippen LogP contribution in [0, 0.1) is 0 Å². The zero-order chi connectivity index (χ0) is 12.3. The number of nitrogens with zero attached hydrogens (tertiary/aromatic N) is 1. The van der Waals surface area contributed by atoms with Crippen molar-refractivity contribution in [1.82, 2.24) is 10.3 Å². The second-order valence-electron chi connectivity index (χ2n) is 4.67. The highest BCUT2D eigenvalue weighted by Crippen LogP contribution is 2.34. The Morgan fingerprint density at radius 1 is 1.59 bits per heavy atom. The summed E-state index contributed by atoms with van der Waals surface area (Å²) in [5.41, 5.74) is 1.32. The smallest absolute Gasteiger partial charge is 0.0957 e. The molecule has 2 rings (SSSR count). The van der Waals surface area contributed by atoms with Gasteiger partial charge < -0.3 is 10.1 Å². The van der Waals surface area contributed by atoms with Crippen LogP contribution >= 0.6 is 11.3 Å². The van der Waals surface area contributed by atoms with E-state index in [-0.39, 0.29) is 6.10 Å². The third-order valence-corrected chi connectivity index (χ3v) is 4.54. The van der Waals surface area contributed by atoms with Gasteiger partial charge in [0.1, 0.15) is 0 Å². The van der Waals surface area contributed by atoms with Crippen LogP contribution in [0.1, 0.15) is 48.3 Å². The zero-order valence-electron chi connectivity index (χ0n) is 11.0. The van der Waals surface area contributed by atoms with Crippen LogP contribution in [0.2, 0.25) is 0 Å². The lowest BCUT2D eigenvalue weighted by atomic mass is 9.98. The molecule has 96 valence electrons. The number of hydrogen-bond donors (Lipinski definition) is 1. The van der Waals surface area contributed by atoms with Crippen LogP contribution < -0.4 is 5.32 Å². The van der Waals surface area contributed by atoms with Crippen LogP contribution in [0.25, 0.3) is 0 Å². The Balaban J connectivity index is 2.12. The summed E-state index contributed by atoms with van der Waals surface area (Å²) in [6, 6.07) is 0.535. The highest BCUT2D eigenvalue weighted by atomic mass is 32.1. The van der Waals surface area contributed by atoms with E-state index in [9.17, 15) is 0 Å². The van der Waals surface area contributed by atoms with E-state index in [1.54, 1.807) is 7.11 Å². The molecule has 0 saturated carbocycles. The molecule has 17 heavy (non-hydrogen) atoms. The number of methoxy groups -OCH3 is 1. The Labute approximate surface area is 108 Å². The highest BCUT2D eigenvalue weighted by molar-refractivity contribution is 7.11. The van der Waals surface area contributed by atoms with Crippen molar-refractivity contribution in [2.75, 3.05) is 13.7 Å². The fraction of sp³-hybridized carbons (Fsp3) is 0.769. The molecule has 1 aliphatic carbocycles. The Bertz CT molecular complexity index is 364. The van der Waals surface area contributed by atoms with E-state index >= 15 is 0 Å². The summed E-state index contributed by atoms with van der Waals surface area (Å²) in [5, 5.41) is 4.79. The van der Waals surface area contributed by atoms with E-state index in [1.807, 2.05) is 11.3 Å². The molecule has 4 heteroatoms. The van der Waals surface area contributed by atoms with Crippen molar-refractivity contribution in [1.29, 1.82) is 0 Å². The number of rotatable bonds is 5. The fourth-order valence-corrected chi connectivity index (χ4v) is 3.66. The molecule has 3 nitrogen and oxygen atoms in total. The first-order valence-corrected chi connectivity index (χ1v) is 7.30. The van der Waals surface area contributed by atoms with Gasteiger partial charge in [-0.25, -0.2) is 4.98 Å². The molecule has 1 aromatic rings. The number of fused-ring (bicyclic) bond motifs is 1. The molecule has 0 aliphatic heterocycles. The van der Waals surface area contributed by atoms with Crippen LogP contribution in [0.15, 0.2) is 0 Å². The second kappa shape index (κ2) is 5.94. The van der Waals surface area contributed by atoms with E-state index in [1.165, 1.54) is 28.4 Å². The standard InChI is InChI=1S/C13H22N2OS/c1-4-14-10-6-5-7-11-13(10)17-12(15-11)8-9(2)16-3/h9-10,14H,4-8H2,1-3H3. The van der Waals surface area contributed by atoms with E-state index < -0.39 is 0 Å². The molecule has 0 amide bonds. The lowest BCUT2D eigenvalue weighted by Gasteiger charge is -2.21. The Morgan fingerprint density at radius 2 is 2.41 bits per heavy atom. The molecule has 0 spiro atoms. The summed E-state index contributed by atoms with van der Waals surface area (Å²) >= 11 is 1.87. The predicted molar refractivity (Wildman–Crippen MR) is 71.6 cm³/mol. The highest BCUT2D eigenvalue weighted by Gasteiger charge is 2.24. The van der Waals surface area contributed by atoms with Gasteiger partial charge in [0.2, 0.25) is 0 Å². The monoisotopic (exact) mass is 254 g/mol. The van der Waals surface area contributed by atoms with Gasteiger partial charge >= 0.3 is 0 Å². The number of hydrogen-bond acceptors (Lipinski definition) is 4. The molecule has 1 heterocycles. The van der Waals surface area contributed by atoms with Crippen molar-refractivity contribution in [2.45, 2.75) is 51.7 Å². The Hall–Kier alpha value is -0.450. The third kappa shape index (κ3) is 3.06. The third-order valence-electron chi connectivity index (χ3n) is 3.31. The van der Waals surface area contributed by atoms with Gasteiger partial charge in [0, 0.05) is 24.4 Å². The first-order chi connectivity index (χ1) is 8.24. The van der Waals surface area contributed by atoms with Gasteiger partial charge in [-0.1, -0.05) is 6.92 Å². The van der Waals surface area contributed by atoms with Crippen molar-refractivity contribution < 1.29 is 4.74 Å². The van der Waals surface area contributed by atoms with E-state index in [2.05, 4.69) is 19.2 Å². The Morgan fingerprint density at radius 3 is 3.12 bits per heavy atom. The second-order valence-corrected chi connectivity index (χ2v) is 5.79. The minimum absolute atomic E-state index is 0.264. The van der Waals surface area contributed by atoms with E-state index in [0.29, 0.717) is 6.04 Å². The quantitative estimate of drug-likeness (QED) is 0.877. The van der Waals surface area contributed by atoms with Crippen LogP contribution in [-0.4, -0.2) is 24.7 Å². The number of aromatic nitrogens is 1. The van der Waals surface area contributed by atoms with Crippen molar-refractivity contribution >= 4 is 11.3 Å². The molecule has 0 saturated heterocycles. The first kappa shape index (κ1) is 13.0. The lowest BCUT2D eigenvalue weighted by molar-refractivity contribution is 0.118. The SMILES string of the molecule is CCNC1CCCc2nc(CC(C)OC)sc21. The van der Waals surface area contributed by atoms with Crippen LogP contribution in [0.3, 0.4) is 0 Å². The summed E-state index contributed by atoms with van der Waals surface area (Å²) in [7, 11) is 1.76. The zero-order valence-corrected chi connectivity index (χ0v) is 11.8. The summed E-state index contributed by atoms with van der Waals surface area (Å²) in [5.74, 6) is 0. The molecule has 0 bridgehead atoms. The minimum atomic E-state index is 0.264. The number of aryl methyl sites for hydroxylation is 1. The van der Waals surface area contributed by atoms with Gasteiger partial charge in [-0.15, -0.1) is 11.3 Å². The van der Waals surface area contributed by atoms with Crippen molar-refractivity contribution in [3.63, 3.8) is 0 Å². The number of nitrogens with one attached hydrogen (secondary N) is 1. The van der Waals surface area contributed by atoms with E-state index in [4.69, 9.17) is 9.72 Å². The normalized spacial score (nSPS) is 21.2. The molecule has 1 N–H and O–H groups in total. The summed E-state index contributed by atoms with van der Waals surface area (Å²) in [6.45, 7) is 5.30. The van der Waals surface area contributed by atoms with Gasteiger partial charge in [-0.2, -0.15) is 0 Å².